The van der Waals surface area contributed by atoms with Gasteiger partial charge in [-0.05, 0) is 25.6 Å². The molecule has 0 aliphatic rings. The third-order valence-corrected chi connectivity index (χ3v) is 3.44. The molecule has 1 atom stereocenters. The highest BCUT2D eigenvalue weighted by Gasteiger charge is 2.21. The molecule has 1 N–H and O–H groups in total. The zero-order valence-electron chi connectivity index (χ0n) is 12.9. The van der Waals surface area contributed by atoms with E-state index in [1.54, 1.807) is 0 Å². The number of ether oxygens (including phenoxy) is 1. The van der Waals surface area contributed by atoms with Crippen molar-refractivity contribution >= 4 is 17.0 Å². The minimum atomic E-state index is -0.349. The van der Waals surface area contributed by atoms with Crippen LogP contribution in [0.1, 0.15) is 26.6 Å². The molecule has 0 saturated carbocycles. The summed E-state index contributed by atoms with van der Waals surface area (Å²) in [5.41, 5.74) is 2.02. The molecule has 0 amide bonds. The van der Waals surface area contributed by atoms with E-state index in [1.807, 2.05) is 38.1 Å². The number of hydrogen-bond acceptors (Lipinski definition) is 4. The molecule has 0 spiro atoms. The largest absolute Gasteiger partial charge is 0.465 e. The molecule has 0 bridgehead atoms. The lowest BCUT2D eigenvalue weighted by molar-refractivity contribution is -0.146. The normalized spacial score (nSPS) is 12.5. The summed E-state index contributed by atoms with van der Waals surface area (Å²) >= 11 is 0. The van der Waals surface area contributed by atoms with Gasteiger partial charge in [-0.25, -0.2) is 4.98 Å². The van der Waals surface area contributed by atoms with E-state index in [0.717, 1.165) is 29.8 Å². The number of nitrogens with zero attached hydrogens (tertiary/aromatic N) is 2. The minimum absolute atomic E-state index is 0.209. The summed E-state index contributed by atoms with van der Waals surface area (Å²) in [6.45, 7) is 7.54. The Morgan fingerprint density at radius 2 is 2.10 bits per heavy atom. The Bertz CT molecular complexity index is 607. The summed E-state index contributed by atoms with van der Waals surface area (Å²) in [5, 5.41) is 3.20. The van der Waals surface area contributed by atoms with E-state index >= 15 is 0 Å². The van der Waals surface area contributed by atoms with E-state index in [-0.39, 0.29) is 12.0 Å². The van der Waals surface area contributed by atoms with E-state index < -0.39 is 0 Å². The average Bonchev–Trinajstić information content (AvgIpc) is 2.85. The van der Waals surface area contributed by atoms with E-state index in [0.29, 0.717) is 13.2 Å². The van der Waals surface area contributed by atoms with Crippen LogP contribution in [0.5, 0.6) is 0 Å². The highest BCUT2D eigenvalue weighted by Crippen LogP contribution is 2.17. The van der Waals surface area contributed by atoms with Gasteiger partial charge in [0.1, 0.15) is 11.9 Å². The molecule has 0 saturated heterocycles. The molecule has 0 aliphatic carbocycles. The average molecular weight is 289 g/mol. The lowest BCUT2D eigenvalue weighted by atomic mass is 10.2. The smallest absolute Gasteiger partial charge is 0.324 e. The second kappa shape index (κ2) is 7.22. The highest BCUT2D eigenvalue weighted by molar-refractivity contribution is 5.78. The van der Waals surface area contributed by atoms with Gasteiger partial charge in [0, 0.05) is 6.42 Å². The van der Waals surface area contributed by atoms with E-state index in [1.165, 1.54) is 0 Å². The van der Waals surface area contributed by atoms with E-state index in [4.69, 9.17) is 4.74 Å². The van der Waals surface area contributed by atoms with Gasteiger partial charge in [-0.2, -0.15) is 0 Å². The molecule has 2 rings (SSSR count). The molecule has 0 fully saturated rings. The Kier molecular flexibility index (Phi) is 5.33. The van der Waals surface area contributed by atoms with Crippen LogP contribution >= 0.6 is 0 Å². The van der Waals surface area contributed by atoms with Crippen LogP contribution in [-0.4, -0.2) is 34.7 Å². The van der Waals surface area contributed by atoms with Crippen LogP contribution in [0.4, 0.5) is 0 Å². The van der Waals surface area contributed by atoms with Gasteiger partial charge in [0.2, 0.25) is 0 Å². The first-order chi connectivity index (χ1) is 10.2. The number of aromatic nitrogens is 2. The summed E-state index contributed by atoms with van der Waals surface area (Å²) in [6, 6.07) is 7.66. The van der Waals surface area contributed by atoms with Crippen LogP contribution < -0.4 is 5.32 Å². The maximum Gasteiger partial charge on any atom is 0.324 e. The Labute approximate surface area is 125 Å². The van der Waals surface area contributed by atoms with Gasteiger partial charge >= 0.3 is 5.97 Å². The molecule has 1 aromatic heterocycles. The molecule has 2 aromatic rings. The standard InChI is InChI=1S/C16H23N3O2/c1-4-15-18-12-9-7-8-10-14(12)19(15)11-13(17-5-2)16(20)21-6-3/h7-10,13,17H,4-6,11H2,1-3H3. The molecule has 21 heavy (non-hydrogen) atoms. The number of benzene rings is 1. The summed E-state index contributed by atoms with van der Waals surface area (Å²) < 4.78 is 7.27. The second-order valence-electron chi connectivity index (χ2n) is 4.84. The summed E-state index contributed by atoms with van der Waals surface area (Å²) in [5.74, 6) is 0.780. The number of para-hydroxylation sites is 2. The van der Waals surface area contributed by atoms with Crippen LogP contribution in [0.25, 0.3) is 11.0 Å². The van der Waals surface area contributed by atoms with Crippen LogP contribution in [0.15, 0.2) is 24.3 Å². The van der Waals surface area contributed by atoms with Crippen molar-refractivity contribution in [1.29, 1.82) is 0 Å². The van der Waals surface area contributed by atoms with Gasteiger partial charge in [-0.1, -0.05) is 26.0 Å². The fourth-order valence-electron chi connectivity index (χ4n) is 2.49. The van der Waals surface area contributed by atoms with Crippen LogP contribution in [0.2, 0.25) is 0 Å². The number of nitrogens with one attached hydrogen (secondary N) is 1. The fourth-order valence-corrected chi connectivity index (χ4v) is 2.49. The number of likely N-dealkylation sites (N-methyl/N-ethyl adjacent to an activating group) is 1. The fraction of sp³-hybridized carbons (Fsp3) is 0.500. The number of fused-ring (bicyclic) bond motifs is 1. The van der Waals surface area contributed by atoms with Gasteiger partial charge in [0.25, 0.3) is 0 Å². The van der Waals surface area contributed by atoms with Crippen molar-refractivity contribution in [1.82, 2.24) is 14.9 Å². The van der Waals surface area contributed by atoms with Crippen LogP contribution in [0.3, 0.4) is 0 Å². The van der Waals surface area contributed by atoms with Crippen molar-refractivity contribution in [2.75, 3.05) is 13.2 Å². The zero-order chi connectivity index (χ0) is 15.2. The molecule has 1 unspecified atom stereocenters. The monoisotopic (exact) mass is 289 g/mol. The predicted molar refractivity (Wildman–Crippen MR) is 83.2 cm³/mol. The minimum Gasteiger partial charge on any atom is -0.465 e. The zero-order valence-corrected chi connectivity index (χ0v) is 12.9. The summed E-state index contributed by atoms with van der Waals surface area (Å²) in [6.07, 6.45) is 0.830. The Morgan fingerprint density at radius 1 is 1.33 bits per heavy atom. The summed E-state index contributed by atoms with van der Waals surface area (Å²) in [4.78, 5) is 16.7. The molecular weight excluding hydrogens is 266 g/mol. The SMILES string of the molecule is CCNC(Cn1c(CC)nc2ccccc21)C(=O)OCC. The molecule has 1 heterocycles. The van der Waals surface area contributed by atoms with Gasteiger partial charge in [0.05, 0.1) is 24.2 Å². The maximum atomic E-state index is 12.1. The number of carbonyl (C=O) groups is 1. The number of imidazole rings is 1. The number of rotatable bonds is 7. The summed E-state index contributed by atoms with van der Waals surface area (Å²) in [7, 11) is 0. The number of esters is 1. The van der Waals surface area contributed by atoms with Gasteiger partial charge in [0.15, 0.2) is 0 Å². The first-order valence-corrected chi connectivity index (χ1v) is 7.55. The number of carbonyl (C=O) groups excluding carboxylic acids is 1. The van der Waals surface area contributed by atoms with Gasteiger partial charge < -0.3 is 14.6 Å². The van der Waals surface area contributed by atoms with Crippen molar-refractivity contribution in [3.05, 3.63) is 30.1 Å². The highest BCUT2D eigenvalue weighted by atomic mass is 16.5. The first kappa shape index (κ1) is 15.5. The van der Waals surface area contributed by atoms with E-state index in [2.05, 4.69) is 21.8 Å². The molecule has 0 aliphatic heterocycles. The molecule has 5 heteroatoms. The molecule has 114 valence electrons. The van der Waals surface area contributed by atoms with Gasteiger partial charge in [-0.15, -0.1) is 0 Å². The van der Waals surface area contributed by atoms with Crippen molar-refractivity contribution in [3.8, 4) is 0 Å². The van der Waals surface area contributed by atoms with Gasteiger partial charge in [-0.3, -0.25) is 4.79 Å². The number of aryl methyl sites for hydroxylation is 1. The van der Waals surface area contributed by atoms with Crippen molar-refractivity contribution in [3.63, 3.8) is 0 Å². The quantitative estimate of drug-likeness (QED) is 0.793. The molecule has 5 nitrogen and oxygen atoms in total. The van der Waals surface area contributed by atoms with Crippen LogP contribution in [0, 0.1) is 0 Å². The van der Waals surface area contributed by atoms with Crippen molar-refractivity contribution in [2.45, 2.75) is 39.8 Å². The molecule has 0 radical (unpaired) electrons. The Balaban J connectivity index is 2.33. The number of hydrogen-bond donors (Lipinski definition) is 1. The third-order valence-electron chi connectivity index (χ3n) is 3.44. The predicted octanol–water partition coefficient (Wildman–Crippen LogP) is 2.14. The van der Waals surface area contributed by atoms with E-state index in [9.17, 15) is 4.79 Å². The Hall–Kier alpha value is -1.88. The molecule has 1 aromatic carbocycles. The first-order valence-electron chi connectivity index (χ1n) is 7.55. The lowest BCUT2D eigenvalue weighted by Crippen LogP contribution is -2.41. The van der Waals surface area contributed by atoms with Crippen molar-refractivity contribution < 1.29 is 9.53 Å². The van der Waals surface area contributed by atoms with Crippen molar-refractivity contribution in [2.24, 2.45) is 0 Å². The van der Waals surface area contributed by atoms with Crippen LogP contribution in [-0.2, 0) is 22.5 Å². The Morgan fingerprint density at radius 3 is 2.76 bits per heavy atom. The topological polar surface area (TPSA) is 56.2 Å². The maximum absolute atomic E-state index is 12.1. The lowest BCUT2D eigenvalue weighted by Gasteiger charge is -2.18. The second-order valence-corrected chi connectivity index (χ2v) is 4.84. The third kappa shape index (κ3) is 3.42. The molecular formula is C16H23N3O2.